The van der Waals surface area contributed by atoms with Crippen LogP contribution in [0.2, 0.25) is 0 Å². The molecule has 0 amide bonds. The van der Waals surface area contributed by atoms with Crippen molar-refractivity contribution in [1.29, 1.82) is 0 Å². The largest absolute Gasteiger partial charge is 0.466 e. The number of hydrogen-bond acceptors (Lipinski definition) is 3. The third kappa shape index (κ3) is 7.34. The maximum absolute atomic E-state index is 12.2. The summed E-state index contributed by atoms with van der Waals surface area (Å²) in [6, 6.07) is 1.30. The molecular weight excluding hydrogens is 277 g/mol. The summed E-state index contributed by atoms with van der Waals surface area (Å²) in [6.45, 7) is 4.27. The highest BCUT2D eigenvalue weighted by atomic mass is 79.9. The van der Waals surface area contributed by atoms with Crippen LogP contribution in [0.4, 0.5) is 4.39 Å². The Morgan fingerprint density at radius 3 is 2.62 bits per heavy atom. The number of carbonyl (C=O) groups excluding carboxylic acids is 1. The fourth-order valence-corrected chi connectivity index (χ4v) is 1.05. The Bertz CT molecular complexity index is 292. The van der Waals surface area contributed by atoms with Gasteiger partial charge in [0.25, 0.3) is 0 Å². The van der Waals surface area contributed by atoms with Crippen LogP contribution in [0.5, 0.6) is 0 Å². The average molecular weight is 292 g/mol. The highest BCUT2D eigenvalue weighted by Gasteiger charge is 1.95. The van der Waals surface area contributed by atoms with Crippen molar-refractivity contribution in [1.82, 2.24) is 4.98 Å². The van der Waals surface area contributed by atoms with E-state index in [1.807, 2.05) is 13.8 Å². The Balaban J connectivity index is 0.000000281. The smallest absolute Gasteiger partial charge is 0.305 e. The van der Waals surface area contributed by atoms with Gasteiger partial charge >= 0.3 is 5.97 Å². The van der Waals surface area contributed by atoms with E-state index in [0.717, 1.165) is 6.42 Å². The van der Waals surface area contributed by atoms with Crippen molar-refractivity contribution < 1.29 is 13.9 Å². The zero-order valence-electron chi connectivity index (χ0n) is 9.37. The summed E-state index contributed by atoms with van der Waals surface area (Å²) in [6.07, 6.45) is 4.24. The first-order chi connectivity index (χ1) is 7.61. The molecule has 0 atom stereocenters. The molecule has 0 fully saturated rings. The number of halogens is 2. The molecule has 0 aliphatic carbocycles. The molecule has 5 heteroatoms. The first kappa shape index (κ1) is 15.0. The minimum Gasteiger partial charge on any atom is -0.466 e. The van der Waals surface area contributed by atoms with E-state index < -0.39 is 0 Å². The third-order valence-electron chi connectivity index (χ3n) is 1.48. The van der Waals surface area contributed by atoms with Crippen LogP contribution in [-0.4, -0.2) is 17.6 Å². The molecule has 1 heterocycles. The second-order valence-corrected chi connectivity index (χ2v) is 3.70. The summed E-state index contributed by atoms with van der Waals surface area (Å²) in [5, 5.41) is 0. The average Bonchev–Trinajstić information content (AvgIpc) is 2.24. The Labute approximate surface area is 103 Å². The van der Waals surface area contributed by atoms with Crippen molar-refractivity contribution in [2.24, 2.45) is 0 Å². The molecule has 0 N–H and O–H groups in total. The number of carbonyl (C=O) groups is 1. The normalized spacial score (nSPS) is 9.00. The summed E-state index contributed by atoms with van der Waals surface area (Å²) in [7, 11) is 0. The van der Waals surface area contributed by atoms with E-state index in [1.165, 1.54) is 18.5 Å². The van der Waals surface area contributed by atoms with Gasteiger partial charge in [-0.15, -0.1) is 0 Å². The molecular formula is C11H15BrFNO2. The molecule has 0 aliphatic rings. The summed E-state index contributed by atoms with van der Waals surface area (Å²) in [4.78, 5) is 14.1. The Morgan fingerprint density at radius 1 is 1.56 bits per heavy atom. The molecule has 16 heavy (non-hydrogen) atoms. The van der Waals surface area contributed by atoms with Crippen molar-refractivity contribution in [3.8, 4) is 0 Å². The van der Waals surface area contributed by atoms with Gasteiger partial charge in [0.2, 0.25) is 0 Å². The van der Waals surface area contributed by atoms with Crippen molar-refractivity contribution in [2.45, 2.75) is 26.7 Å². The van der Waals surface area contributed by atoms with Crippen LogP contribution in [0, 0.1) is 5.82 Å². The van der Waals surface area contributed by atoms with Gasteiger partial charge in [-0.3, -0.25) is 9.78 Å². The van der Waals surface area contributed by atoms with Gasteiger partial charge in [-0.05, 0) is 35.3 Å². The molecule has 0 aromatic carbocycles. The van der Waals surface area contributed by atoms with Gasteiger partial charge in [-0.1, -0.05) is 6.92 Å². The van der Waals surface area contributed by atoms with E-state index in [4.69, 9.17) is 0 Å². The molecule has 0 saturated carbocycles. The van der Waals surface area contributed by atoms with Crippen molar-refractivity contribution >= 4 is 21.9 Å². The molecule has 0 saturated heterocycles. The van der Waals surface area contributed by atoms with Crippen LogP contribution in [0.3, 0.4) is 0 Å². The highest BCUT2D eigenvalue weighted by Crippen LogP contribution is 2.10. The minimum atomic E-state index is -0.278. The number of pyridine rings is 1. The molecule has 90 valence electrons. The Hall–Kier alpha value is -0.970. The van der Waals surface area contributed by atoms with Crippen LogP contribution in [-0.2, 0) is 9.53 Å². The number of aromatic nitrogens is 1. The molecule has 0 aliphatic heterocycles. The maximum atomic E-state index is 12.2. The number of ether oxygens (including phenoxy) is 1. The molecule has 3 nitrogen and oxygen atoms in total. The van der Waals surface area contributed by atoms with Crippen LogP contribution in [0.25, 0.3) is 0 Å². The van der Waals surface area contributed by atoms with E-state index >= 15 is 0 Å². The predicted molar refractivity (Wildman–Crippen MR) is 63.4 cm³/mol. The lowest BCUT2D eigenvalue weighted by molar-refractivity contribution is -0.143. The summed E-state index contributed by atoms with van der Waals surface area (Å²) >= 11 is 2.96. The van der Waals surface area contributed by atoms with Crippen molar-refractivity contribution in [3.05, 3.63) is 28.7 Å². The predicted octanol–water partition coefficient (Wildman–Crippen LogP) is 3.33. The fourth-order valence-electron chi connectivity index (χ4n) is 0.796. The number of hydrogen-bond donors (Lipinski definition) is 0. The SMILES string of the molecule is CCCC(=O)OCC.Fc1ccncc1Br. The van der Waals surface area contributed by atoms with Crippen LogP contribution >= 0.6 is 15.9 Å². The van der Waals surface area contributed by atoms with Crippen LogP contribution < -0.4 is 0 Å². The lowest BCUT2D eigenvalue weighted by Gasteiger charge is -1.96. The van der Waals surface area contributed by atoms with Gasteiger partial charge in [0, 0.05) is 18.8 Å². The third-order valence-corrected chi connectivity index (χ3v) is 2.07. The van der Waals surface area contributed by atoms with E-state index in [-0.39, 0.29) is 11.8 Å². The van der Waals surface area contributed by atoms with Gasteiger partial charge in [0.05, 0.1) is 11.1 Å². The standard InChI is InChI=1S/C6H12O2.C5H3BrFN/c1-3-5-6(7)8-4-2;6-4-3-8-2-1-5(4)7/h3-5H2,1-2H3;1-3H. The Kier molecular flexibility index (Phi) is 8.71. The van der Waals surface area contributed by atoms with Crippen molar-refractivity contribution in [2.75, 3.05) is 6.61 Å². The highest BCUT2D eigenvalue weighted by molar-refractivity contribution is 9.10. The topological polar surface area (TPSA) is 39.2 Å². The lowest BCUT2D eigenvalue weighted by atomic mass is 10.3. The zero-order valence-corrected chi connectivity index (χ0v) is 11.0. The second-order valence-electron chi connectivity index (χ2n) is 2.84. The van der Waals surface area contributed by atoms with Gasteiger partial charge < -0.3 is 4.74 Å². The molecule has 0 unspecified atom stereocenters. The van der Waals surface area contributed by atoms with E-state index in [2.05, 4.69) is 25.7 Å². The quantitative estimate of drug-likeness (QED) is 0.802. The monoisotopic (exact) mass is 291 g/mol. The molecule has 1 rings (SSSR count). The number of esters is 1. The van der Waals surface area contributed by atoms with Crippen LogP contribution in [0.1, 0.15) is 26.7 Å². The molecule has 1 aromatic heterocycles. The Morgan fingerprint density at radius 2 is 2.25 bits per heavy atom. The van der Waals surface area contributed by atoms with Gasteiger partial charge in [0.15, 0.2) is 0 Å². The summed E-state index contributed by atoms with van der Waals surface area (Å²) in [5.74, 6) is -0.366. The van der Waals surface area contributed by atoms with E-state index in [1.54, 1.807) is 0 Å². The van der Waals surface area contributed by atoms with Gasteiger partial charge in [0.1, 0.15) is 5.82 Å². The maximum Gasteiger partial charge on any atom is 0.305 e. The second kappa shape index (κ2) is 9.27. The van der Waals surface area contributed by atoms with E-state index in [9.17, 15) is 9.18 Å². The zero-order chi connectivity index (χ0) is 12.4. The minimum absolute atomic E-state index is 0.0880. The summed E-state index contributed by atoms with van der Waals surface area (Å²) in [5.41, 5.74) is 0. The molecule has 0 spiro atoms. The molecule has 0 bridgehead atoms. The molecule has 0 radical (unpaired) electrons. The summed E-state index contributed by atoms with van der Waals surface area (Å²) < 4.78 is 17.3. The fraction of sp³-hybridized carbons (Fsp3) is 0.455. The van der Waals surface area contributed by atoms with Gasteiger partial charge in [-0.25, -0.2) is 4.39 Å². The first-order valence-electron chi connectivity index (χ1n) is 5.02. The van der Waals surface area contributed by atoms with E-state index in [0.29, 0.717) is 17.5 Å². The first-order valence-corrected chi connectivity index (χ1v) is 5.81. The number of nitrogens with zero attached hydrogens (tertiary/aromatic N) is 1. The van der Waals surface area contributed by atoms with Crippen LogP contribution in [0.15, 0.2) is 22.9 Å². The lowest BCUT2D eigenvalue weighted by Crippen LogP contribution is -2.01. The number of rotatable bonds is 3. The molecule has 1 aromatic rings. The van der Waals surface area contributed by atoms with Crippen molar-refractivity contribution in [3.63, 3.8) is 0 Å². The van der Waals surface area contributed by atoms with Gasteiger partial charge in [-0.2, -0.15) is 0 Å².